The summed E-state index contributed by atoms with van der Waals surface area (Å²) in [7, 11) is 5.13. The van der Waals surface area contributed by atoms with Gasteiger partial charge in [-0.2, -0.15) is 0 Å². The third-order valence-electron chi connectivity index (χ3n) is 18.2. The van der Waals surface area contributed by atoms with Gasteiger partial charge in [-0.3, -0.25) is 4.79 Å². The molecular weight excluding hydrogens is 737 g/mol. The van der Waals surface area contributed by atoms with Crippen LogP contribution >= 0.6 is 0 Å². The fraction of sp³-hybridized carbons (Fsp3) is 0.196. The standard InChI is InChI=1S/C56H32O4/c1-58-22-12-19-34(59-2)33(21-22)54(20-6-11-35(57)60-3)55-31-9-5-10-32-30-18-17-28-27-16-15-26-25-14-13-24-23-7-4-8-29(31)42-40(23)45-36(24)37(25)44-38(26)39(27)46-41(28)43(30)53(56(32,54)55)51-49(46)47(44)48(45)50(51)52(42)55/h4-5,7-10,12-19,21,29,32H,6,11,20H2,1-3H3. The SMILES string of the molecule is COC(=O)CCCC1(c2cc(OC)ccc2OC)C23C4=CC=CC5c6ccc7c8ccc9c%10ccc%11c%12c%13c(c2c2c%14c(c6c7c6c8c9c7c%10c%11c%13c2c7c%146)C513)C4C=CC=%12. The first-order chi connectivity index (χ1) is 29.6. The fourth-order valence-electron chi connectivity index (χ4n) is 17.2. The molecule has 0 aliphatic heterocycles. The number of methoxy groups -OCH3 is 3. The summed E-state index contributed by atoms with van der Waals surface area (Å²) < 4.78 is 18.0. The lowest BCUT2D eigenvalue weighted by Crippen LogP contribution is -2.27. The number of esters is 1. The molecule has 0 aromatic heterocycles. The van der Waals surface area contributed by atoms with Gasteiger partial charge in [0.1, 0.15) is 11.5 Å². The van der Waals surface area contributed by atoms with Crippen molar-refractivity contribution in [3.63, 3.8) is 0 Å². The van der Waals surface area contributed by atoms with Gasteiger partial charge in [0.05, 0.1) is 21.3 Å². The number of hydrogen-bond acceptors (Lipinski definition) is 4. The Morgan fingerprint density at radius 1 is 0.617 bits per heavy atom. The highest BCUT2D eigenvalue weighted by molar-refractivity contribution is 6.62. The van der Waals surface area contributed by atoms with Crippen LogP contribution in [0.5, 0.6) is 11.5 Å². The Morgan fingerprint density at radius 3 is 1.98 bits per heavy atom. The van der Waals surface area contributed by atoms with Crippen LogP contribution < -0.4 is 14.7 Å². The zero-order valence-electron chi connectivity index (χ0n) is 33.1. The Morgan fingerprint density at radius 2 is 1.25 bits per heavy atom. The lowest BCUT2D eigenvalue weighted by molar-refractivity contribution is -0.140. The highest BCUT2D eigenvalue weighted by atomic mass is 16.5. The van der Waals surface area contributed by atoms with Crippen LogP contribution in [0.15, 0.2) is 90.6 Å². The normalized spacial score (nSPS) is 26.5. The Labute approximate surface area is 341 Å². The molecule has 0 heterocycles. The van der Waals surface area contributed by atoms with Gasteiger partial charge in [-0.15, -0.1) is 0 Å². The number of benzene rings is 8. The van der Waals surface area contributed by atoms with E-state index in [2.05, 4.69) is 85.0 Å². The minimum atomic E-state index is -0.485. The van der Waals surface area contributed by atoms with Gasteiger partial charge in [0, 0.05) is 40.1 Å². The van der Waals surface area contributed by atoms with Crippen LogP contribution in [-0.4, -0.2) is 27.3 Å². The largest absolute Gasteiger partial charge is 0.497 e. The quantitative estimate of drug-likeness (QED) is 0.120. The van der Waals surface area contributed by atoms with Gasteiger partial charge < -0.3 is 14.2 Å². The second-order valence-electron chi connectivity index (χ2n) is 19.2. The van der Waals surface area contributed by atoms with Crippen molar-refractivity contribution in [2.45, 2.75) is 47.3 Å². The van der Waals surface area contributed by atoms with Crippen molar-refractivity contribution in [3.05, 3.63) is 124 Å². The summed E-state index contributed by atoms with van der Waals surface area (Å²) in [5.41, 5.74) is 7.49. The van der Waals surface area contributed by atoms with Gasteiger partial charge in [0.2, 0.25) is 0 Å². The molecule has 6 aliphatic carbocycles. The van der Waals surface area contributed by atoms with E-state index >= 15 is 0 Å². The van der Waals surface area contributed by atoms with Gasteiger partial charge in [-0.05, 0) is 172 Å². The minimum Gasteiger partial charge on any atom is -0.497 e. The predicted molar refractivity (Wildman–Crippen MR) is 242 cm³/mol. The van der Waals surface area contributed by atoms with Gasteiger partial charge in [-0.25, -0.2) is 0 Å². The second-order valence-corrected chi connectivity index (χ2v) is 19.2. The van der Waals surface area contributed by atoms with E-state index in [0.717, 1.165) is 17.9 Å². The third kappa shape index (κ3) is 2.23. The van der Waals surface area contributed by atoms with Gasteiger partial charge >= 0.3 is 5.97 Å². The molecule has 0 amide bonds. The number of allylic oxidation sites excluding steroid dienone is 6. The highest BCUT2D eigenvalue weighted by Gasteiger charge is 2.95. The van der Waals surface area contributed by atoms with Crippen LogP contribution in [0.4, 0.5) is 0 Å². The molecule has 0 N–H and O–H groups in total. The number of carbonyl (C=O) groups is 1. The molecule has 1 saturated carbocycles. The summed E-state index contributed by atoms with van der Waals surface area (Å²) in [4.78, 5) is 13.2. The van der Waals surface area contributed by atoms with Crippen LogP contribution in [0, 0.1) is 0 Å². The third-order valence-corrected chi connectivity index (χ3v) is 18.2. The number of hydrogen-bond donors (Lipinski definition) is 0. The minimum absolute atomic E-state index is 0.0969. The molecule has 18 rings (SSSR count). The molecule has 60 heavy (non-hydrogen) atoms. The molecule has 12 aromatic rings. The van der Waals surface area contributed by atoms with Crippen molar-refractivity contribution in [1.82, 2.24) is 0 Å². The van der Waals surface area contributed by atoms with E-state index in [1.807, 2.05) is 13.2 Å². The highest BCUT2D eigenvalue weighted by Crippen LogP contribution is 2.95. The summed E-state index contributed by atoms with van der Waals surface area (Å²) in [5, 5.41) is 30.7. The Balaban J connectivity index is 1.20. The maximum Gasteiger partial charge on any atom is 0.305 e. The zero-order chi connectivity index (χ0) is 38.8. The predicted octanol–water partition coefficient (Wildman–Crippen LogP) is 11.8. The number of carbonyl (C=O) groups excluding carboxylic acids is 1. The van der Waals surface area contributed by atoms with Crippen LogP contribution in [-0.2, 0) is 25.8 Å². The van der Waals surface area contributed by atoms with Crippen molar-refractivity contribution < 1.29 is 19.0 Å². The van der Waals surface area contributed by atoms with Crippen molar-refractivity contribution in [2.24, 2.45) is 0 Å². The number of fused-ring (bicyclic) bond motifs is 5. The van der Waals surface area contributed by atoms with E-state index in [0.29, 0.717) is 12.8 Å². The van der Waals surface area contributed by atoms with Crippen LogP contribution in [0.3, 0.4) is 0 Å². The van der Waals surface area contributed by atoms with E-state index in [1.165, 1.54) is 142 Å². The summed E-state index contributed by atoms with van der Waals surface area (Å²) >= 11 is 0. The second kappa shape index (κ2) is 8.38. The Hall–Kier alpha value is -6.65. The first-order valence-corrected chi connectivity index (χ1v) is 21.7. The first-order valence-electron chi connectivity index (χ1n) is 21.7. The number of ether oxygens (including phenoxy) is 3. The van der Waals surface area contributed by atoms with Crippen LogP contribution in [0.1, 0.15) is 58.9 Å². The average molecular weight is 769 g/mol. The van der Waals surface area contributed by atoms with Crippen molar-refractivity contribution in [2.75, 3.05) is 21.3 Å². The van der Waals surface area contributed by atoms with E-state index in [-0.39, 0.29) is 23.2 Å². The lowest BCUT2D eigenvalue weighted by Gasteiger charge is -2.31. The molecule has 2 spiro atoms. The van der Waals surface area contributed by atoms with E-state index < -0.39 is 10.8 Å². The topological polar surface area (TPSA) is 44.8 Å². The van der Waals surface area contributed by atoms with Crippen molar-refractivity contribution in [3.8, 4) is 11.5 Å². The van der Waals surface area contributed by atoms with E-state index in [4.69, 9.17) is 14.2 Å². The first kappa shape index (κ1) is 29.5. The molecule has 12 aromatic carbocycles. The zero-order valence-corrected chi connectivity index (χ0v) is 33.1. The van der Waals surface area contributed by atoms with Crippen LogP contribution in [0.25, 0.3) is 114 Å². The maximum atomic E-state index is 13.2. The molecule has 4 nitrogen and oxygen atoms in total. The summed E-state index contributed by atoms with van der Waals surface area (Å²) in [6, 6.07) is 21.3. The molecule has 4 heteroatoms. The van der Waals surface area contributed by atoms with Gasteiger partial charge in [-0.1, -0.05) is 72.9 Å². The van der Waals surface area contributed by atoms with Crippen LogP contribution in [0.2, 0.25) is 0 Å². The molecule has 6 aliphatic rings. The lowest BCUT2D eigenvalue weighted by atomic mass is 9.70. The van der Waals surface area contributed by atoms with Gasteiger partial charge in [0.15, 0.2) is 0 Å². The summed E-state index contributed by atoms with van der Waals surface area (Å²) in [5.74, 6) is 1.76. The van der Waals surface area contributed by atoms with Crippen molar-refractivity contribution >= 4 is 120 Å². The smallest absolute Gasteiger partial charge is 0.305 e. The van der Waals surface area contributed by atoms with E-state index in [1.54, 1.807) is 18.2 Å². The summed E-state index contributed by atoms with van der Waals surface area (Å²) in [6.45, 7) is 0. The Kier molecular flexibility index (Phi) is 4.13. The maximum absolute atomic E-state index is 13.2. The molecule has 0 radical (unpaired) electrons. The molecule has 5 atom stereocenters. The van der Waals surface area contributed by atoms with Crippen molar-refractivity contribution in [1.29, 1.82) is 0 Å². The Bertz CT molecular complexity index is 4260. The summed E-state index contributed by atoms with van der Waals surface area (Å²) in [6.07, 6.45) is 16.7. The monoisotopic (exact) mass is 768 g/mol. The molecule has 280 valence electrons. The molecular formula is C56H32O4. The molecule has 0 bridgehead atoms. The van der Waals surface area contributed by atoms with E-state index in [9.17, 15) is 4.79 Å². The average Bonchev–Trinajstić information content (AvgIpc) is 3.84. The molecule has 0 saturated heterocycles. The van der Waals surface area contributed by atoms with Gasteiger partial charge in [0.25, 0.3) is 0 Å². The number of rotatable bonds is 7. The molecule has 5 unspecified atom stereocenters. The fourth-order valence-corrected chi connectivity index (χ4v) is 17.2. The molecule has 1 fully saturated rings.